The SMILES string of the molecule is CNS(=O)(=O)c1ccc(NCC(C)(C)CCOC)cc1. The van der Waals surface area contributed by atoms with Crippen LogP contribution in [-0.2, 0) is 14.8 Å². The van der Waals surface area contributed by atoms with Crippen LogP contribution in [0.3, 0.4) is 0 Å². The van der Waals surface area contributed by atoms with Crippen molar-refractivity contribution >= 4 is 15.7 Å². The fourth-order valence-electron chi connectivity index (χ4n) is 1.68. The summed E-state index contributed by atoms with van der Waals surface area (Å²) in [5.41, 5.74) is 1.02. The van der Waals surface area contributed by atoms with Crippen LogP contribution in [0.15, 0.2) is 29.2 Å². The Morgan fingerprint density at radius 3 is 2.30 bits per heavy atom. The maximum atomic E-state index is 11.6. The molecular weight excluding hydrogens is 276 g/mol. The second-order valence-corrected chi connectivity index (χ2v) is 7.38. The third kappa shape index (κ3) is 5.11. The number of benzene rings is 1. The highest BCUT2D eigenvalue weighted by Gasteiger charge is 2.17. The number of anilines is 1. The summed E-state index contributed by atoms with van der Waals surface area (Å²) in [6, 6.07) is 6.74. The van der Waals surface area contributed by atoms with Crippen LogP contribution in [-0.4, -0.2) is 35.7 Å². The van der Waals surface area contributed by atoms with Crippen LogP contribution in [0.5, 0.6) is 0 Å². The first-order valence-electron chi connectivity index (χ1n) is 6.57. The van der Waals surface area contributed by atoms with Gasteiger partial charge in [-0.3, -0.25) is 0 Å². The van der Waals surface area contributed by atoms with E-state index in [1.165, 1.54) is 7.05 Å². The summed E-state index contributed by atoms with van der Waals surface area (Å²) < 4.78 is 30.6. The Bertz CT molecular complexity index is 510. The number of sulfonamides is 1. The lowest BCUT2D eigenvalue weighted by Gasteiger charge is -2.25. The van der Waals surface area contributed by atoms with Crippen molar-refractivity contribution in [3.8, 4) is 0 Å². The van der Waals surface area contributed by atoms with Gasteiger partial charge in [-0.25, -0.2) is 13.1 Å². The van der Waals surface area contributed by atoms with Crippen LogP contribution in [0.4, 0.5) is 5.69 Å². The third-order valence-electron chi connectivity index (χ3n) is 3.19. The molecule has 1 aromatic carbocycles. The Morgan fingerprint density at radius 1 is 1.20 bits per heavy atom. The summed E-state index contributed by atoms with van der Waals surface area (Å²) in [5.74, 6) is 0. The molecule has 0 saturated heterocycles. The Balaban J connectivity index is 2.63. The predicted molar refractivity (Wildman–Crippen MR) is 81.5 cm³/mol. The highest BCUT2D eigenvalue weighted by atomic mass is 32.2. The van der Waals surface area contributed by atoms with Gasteiger partial charge in [0, 0.05) is 25.9 Å². The van der Waals surface area contributed by atoms with E-state index in [4.69, 9.17) is 4.74 Å². The van der Waals surface area contributed by atoms with Crippen LogP contribution in [0.2, 0.25) is 0 Å². The molecule has 0 spiro atoms. The van der Waals surface area contributed by atoms with Crippen molar-refractivity contribution in [2.45, 2.75) is 25.2 Å². The molecule has 1 rings (SSSR count). The van der Waals surface area contributed by atoms with E-state index in [0.29, 0.717) is 0 Å². The van der Waals surface area contributed by atoms with E-state index in [1.54, 1.807) is 31.4 Å². The first-order valence-corrected chi connectivity index (χ1v) is 8.05. The number of hydrogen-bond acceptors (Lipinski definition) is 4. The zero-order valence-corrected chi connectivity index (χ0v) is 13.4. The summed E-state index contributed by atoms with van der Waals surface area (Å²) in [4.78, 5) is 0.268. The molecular formula is C14H24N2O3S. The minimum absolute atomic E-state index is 0.117. The van der Waals surface area contributed by atoms with Crippen molar-refractivity contribution < 1.29 is 13.2 Å². The van der Waals surface area contributed by atoms with Gasteiger partial charge >= 0.3 is 0 Å². The molecule has 0 atom stereocenters. The van der Waals surface area contributed by atoms with Crippen LogP contribution in [0.25, 0.3) is 0 Å². The molecule has 0 aliphatic heterocycles. The Morgan fingerprint density at radius 2 is 1.80 bits per heavy atom. The fraction of sp³-hybridized carbons (Fsp3) is 0.571. The minimum Gasteiger partial charge on any atom is -0.385 e. The van der Waals surface area contributed by atoms with Gasteiger partial charge in [-0.15, -0.1) is 0 Å². The van der Waals surface area contributed by atoms with Gasteiger partial charge in [-0.05, 0) is 43.1 Å². The molecule has 1 aromatic rings. The zero-order valence-electron chi connectivity index (χ0n) is 12.6. The van der Waals surface area contributed by atoms with Crippen molar-refractivity contribution in [2.75, 3.05) is 32.6 Å². The molecule has 0 aliphatic carbocycles. The molecule has 0 saturated carbocycles. The first-order chi connectivity index (χ1) is 9.30. The zero-order chi connectivity index (χ0) is 15.2. The monoisotopic (exact) mass is 300 g/mol. The Labute approximate surface area is 121 Å². The topological polar surface area (TPSA) is 67.4 Å². The Kier molecular flexibility index (Phi) is 5.98. The largest absolute Gasteiger partial charge is 0.385 e. The molecule has 114 valence electrons. The van der Waals surface area contributed by atoms with Crippen molar-refractivity contribution in [2.24, 2.45) is 5.41 Å². The molecule has 0 bridgehead atoms. The lowest BCUT2D eigenvalue weighted by molar-refractivity contribution is 0.157. The lowest BCUT2D eigenvalue weighted by Crippen LogP contribution is -2.24. The van der Waals surface area contributed by atoms with Crippen LogP contribution in [0, 0.1) is 5.41 Å². The average molecular weight is 300 g/mol. The second-order valence-electron chi connectivity index (χ2n) is 5.49. The Hall–Kier alpha value is -1.11. The van der Waals surface area contributed by atoms with E-state index in [9.17, 15) is 8.42 Å². The van der Waals surface area contributed by atoms with Gasteiger partial charge in [0.15, 0.2) is 0 Å². The van der Waals surface area contributed by atoms with E-state index >= 15 is 0 Å². The lowest BCUT2D eigenvalue weighted by atomic mass is 9.89. The van der Waals surface area contributed by atoms with Gasteiger partial charge in [0.05, 0.1) is 4.90 Å². The van der Waals surface area contributed by atoms with E-state index in [-0.39, 0.29) is 10.3 Å². The van der Waals surface area contributed by atoms with Crippen LogP contribution >= 0.6 is 0 Å². The van der Waals surface area contributed by atoms with Crippen LogP contribution < -0.4 is 10.0 Å². The van der Waals surface area contributed by atoms with Crippen molar-refractivity contribution in [3.05, 3.63) is 24.3 Å². The molecule has 2 N–H and O–H groups in total. The second kappa shape index (κ2) is 7.06. The standard InChI is InChI=1S/C14H24N2O3S/c1-14(2,9-10-19-4)11-16-12-5-7-13(8-6-12)20(17,18)15-3/h5-8,15-16H,9-11H2,1-4H3. The normalized spacial score (nSPS) is 12.4. The molecule has 0 heterocycles. The van der Waals surface area contributed by atoms with Crippen molar-refractivity contribution in [3.63, 3.8) is 0 Å². The molecule has 0 radical (unpaired) electrons. The first kappa shape index (κ1) is 16.9. The highest BCUT2D eigenvalue weighted by Crippen LogP contribution is 2.22. The molecule has 0 fully saturated rings. The van der Waals surface area contributed by atoms with Gasteiger partial charge in [-0.2, -0.15) is 0 Å². The molecule has 5 nitrogen and oxygen atoms in total. The number of methoxy groups -OCH3 is 1. The quantitative estimate of drug-likeness (QED) is 0.771. The summed E-state index contributed by atoms with van der Waals surface area (Å²) in [6.45, 7) is 5.86. The molecule has 0 aromatic heterocycles. The molecule has 6 heteroatoms. The number of rotatable bonds is 8. The fourth-order valence-corrected chi connectivity index (χ4v) is 2.41. The third-order valence-corrected chi connectivity index (χ3v) is 4.62. The van der Waals surface area contributed by atoms with Gasteiger partial charge in [0.1, 0.15) is 0 Å². The van der Waals surface area contributed by atoms with E-state index < -0.39 is 10.0 Å². The number of ether oxygens (including phenoxy) is 1. The molecule has 20 heavy (non-hydrogen) atoms. The maximum Gasteiger partial charge on any atom is 0.240 e. The van der Waals surface area contributed by atoms with E-state index in [2.05, 4.69) is 23.9 Å². The summed E-state index contributed by atoms with van der Waals surface area (Å²) in [5, 5.41) is 3.32. The van der Waals surface area contributed by atoms with E-state index in [1.807, 2.05) is 0 Å². The summed E-state index contributed by atoms with van der Waals surface area (Å²) >= 11 is 0. The van der Waals surface area contributed by atoms with Gasteiger partial charge in [0.2, 0.25) is 10.0 Å². The number of nitrogens with one attached hydrogen (secondary N) is 2. The smallest absolute Gasteiger partial charge is 0.240 e. The van der Waals surface area contributed by atoms with Crippen molar-refractivity contribution in [1.82, 2.24) is 4.72 Å². The van der Waals surface area contributed by atoms with E-state index in [0.717, 1.165) is 25.3 Å². The number of hydrogen-bond donors (Lipinski definition) is 2. The van der Waals surface area contributed by atoms with Gasteiger partial charge in [-0.1, -0.05) is 13.8 Å². The summed E-state index contributed by atoms with van der Waals surface area (Å²) in [7, 11) is -0.263. The maximum absolute atomic E-state index is 11.6. The average Bonchev–Trinajstić information content (AvgIpc) is 2.43. The highest BCUT2D eigenvalue weighted by molar-refractivity contribution is 7.89. The van der Waals surface area contributed by atoms with Crippen molar-refractivity contribution in [1.29, 1.82) is 0 Å². The van der Waals surface area contributed by atoms with Crippen LogP contribution in [0.1, 0.15) is 20.3 Å². The summed E-state index contributed by atoms with van der Waals surface area (Å²) in [6.07, 6.45) is 0.961. The predicted octanol–water partition coefficient (Wildman–Crippen LogP) is 2.07. The van der Waals surface area contributed by atoms with Gasteiger partial charge in [0.25, 0.3) is 0 Å². The van der Waals surface area contributed by atoms with Gasteiger partial charge < -0.3 is 10.1 Å². The molecule has 0 unspecified atom stereocenters. The molecule has 0 amide bonds. The molecule has 0 aliphatic rings. The minimum atomic E-state index is -3.36.